The van der Waals surface area contributed by atoms with Crippen LogP contribution in [0.1, 0.15) is 0 Å². The van der Waals surface area contributed by atoms with Gasteiger partial charge in [0.15, 0.2) is 11.5 Å². The summed E-state index contributed by atoms with van der Waals surface area (Å²) in [6, 6.07) is 73.2. The lowest BCUT2D eigenvalue weighted by molar-refractivity contribution is 0.669. The van der Waals surface area contributed by atoms with E-state index in [-0.39, 0.29) is 0 Å². The second-order valence-corrected chi connectivity index (χ2v) is 16.7. The van der Waals surface area contributed by atoms with Gasteiger partial charge in [0, 0.05) is 32.7 Å². The maximum absolute atomic E-state index is 6.57. The summed E-state index contributed by atoms with van der Waals surface area (Å²) in [5.41, 5.74) is 13.6. The van der Waals surface area contributed by atoms with E-state index in [1.54, 1.807) is 0 Å². The van der Waals surface area contributed by atoms with Gasteiger partial charge in [-0.05, 0) is 97.0 Å². The highest BCUT2D eigenvalue weighted by atomic mass is 16.3. The Morgan fingerprint density at radius 2 is 0.953 bits per heavy atom. The molecule has 0 radical (unpaired) electrons. The third-order valence-corrected chi connectivity index (χ3v) is 13.2. The van der Waals surface area contributed by atoms with Crippen molar-refractivity contribution < 1.29 is 4.42 Å². The van der Waals surface area contributed by atoms with Crippen molar-refractivity contribution in [1.82, 2.24) is 19.4 Å². The molecule has 0 aliphatic rings. The predicted molar refractivity (Wildman–Crippen MR) is 265 cm³/mol. The molecule has 0 N–H and O–H groups in total. The topological polar surface area (TPSA) is 56.2 Å². The van der Waals surface area contributed by atoms with Gasteiger partial charge in [-0.25, -0.2) is 15.0 Å². The molecule has 0 amide bonds. The van der Waals surface area contributed by atoms with Crippen molar-refractivity contribution in [2.75, 3.05) is 0 Å². The predicted octanol–water partition coefficient (Wildman–Crippen LogP) is 15.6. The number of nitrogens with zero attached hydrogens (tertiary/aromatic N) is 4. The van der Waals surface area contributed by atoms with Crippen LogP contribution in [0.5, 0.6) is 0 Å². The van der Waals surface area contributed by atoms with Crippen molar-refractivity contribution in [1.29, 1.82) is 0 Å². The van der Waals surface area contributed by atoms with Crippen molar-refractivity contribution >= 4 is 92.7 Å². The number of hydrogen-bond acceptors (Lipinski definition) is 4. The van der Waals surface area contributed by atoms with E-state index in [4.69, 9.17) is 19.4 Å². The molecule has 0 saturated heterocycles. The van der Waals surface area contributed by atoms with Crippen molar-refractivity contribution in [3.8, 4) is 44.9 Å². The highest BCUT2D eigenvalue weighted by Crippen LogP contribution is 2.43. The minimum atomic E-state index is 0.667. The van der Waals surface area contributed by atoms with Crippen LogP contribution in [0, 0.1) is 0 Å². The Morgan fingerprint density at radius 1 is 0.344 bits per heavy atom. The first kappa shape index (κ1) is 35.0. The number of rotatable bonds is 4. The fourth-order valence-electron chi connectivity index (χ4n) is 10.3. The molecule has 296 valence electrons. The summed E-state index contributed by atoms with van der Waals surface area (Å²) < 4.78 is 8.84. The highest BCUT2D eigenvalue weighted by molar-refractivity contribution is 6.26. The number of pyridine rings is 1. The molecule has 5 nitrogen and oxygen atoms in total. The summed E-state index contributed by atoms with van der Waals surface area (Å²) in [4.78, 5) is 16.0. The van der Waals surface area contributed by atoms with Gasteiger partial charge in [-0.2, -0.15) is 0 Å². The van der Waals surface area contributed by atoms with Gasteiger partial charge in [0.05, 0.1) is 22.2 Å². The lowest BCUT2D eigenvalue weighted by atomic mass is 9.91. The molecule has 0 aliphatic heterocycles. The lowest BCUT2D eigenvalue weighted by Gasteiger charge is -2.14. The van der Waals surface area contributed by atoms with Crippen LogP contribution in [0.15, 0.2) is 211 Å². The van der Waals surface area contributed by atoms with Crippen LogP contribution < -0.4 is 0 Å². The molecular formula is C59H34N4O. The first-order valence-electron chi connectivity index (χ1n) is 21.7. The van der Waals surface area contributed by atoms with Crippen LogP contribution in [-0.4, -0.2) is 19.4 Å². The van der Waals surface area contributed by atoms with Crippen LogP contribution in [0.25, 0.3) is 138 Å². The quantitative estimate of drug-likeness (QED) is 0.166. The van der Waals surface area contributed by atoms with Crippen LogP contribution >= 0.6 is 0 Å². The number of hydrogen-bond donors (Lipinski definition) is 0. The number of benzene rings is 10. The van der Waals surface area contributed by atoms with Crippen LogP contribution in [-0.2, 0) is 0 Å². The van der Waals surface area contributed by atoms with E-state index in [0.29, 0.717) is 5.82 Å². The second kappa shape index (κ2) is 13.4. The molecule has 0 spiro atoms. The summed E-state index contributed by atoms with van der Waals surface area (Å²) in [5.74, 6) is 0.667. The molecule has 0 bridgehead atoms. The number of aromatic nitrogens is 4. The number of fused-ring (bicyclic) bond motifs is 17. The van der Waals surface area contributed by atoms with E-state index in [9.17, 15) is 0 Å². The molecule has 5 heteroatoms. The maximum Gasteiger partial charge on any atom is 0.165 e. The van der Waals surface area contributed by atoms with Crippen LogP contribution in [0.4, 0.5) is 0 Å². The zero-order valence-corrected chi connectivity index (χ0v) is 34.3. The van der Waals surface area contributed by atoms with Gasteiger partial charge in [0.1, 0.15) is 16.7 Å². The summed E-state index contributed by atoms with van der Waals surface area (Å²) in [5, 5.41) is 11.8. The number of para-hydroxylation sites is 1. The van der Waals surface area contributed by atoms with Crippen LogP contribution in [0.3, 0.4) is 0 Å². The van der Waals surface area contributed by atoms with E-state index in [1.807, 2.05) is 24.3 Å². The zero-order chi connectivity index (χ0) is 41.9. The van der Waals surface area contributed by atoms with Crippen molar-refractivity contribution in [3.05, 3.63) is 206 Å². The van der Waals surface area contributed by atoms with Gasteiger partial charge in [-0.1, -0.05) is 164 Å². The first-order valence-corrected chi connectivity index (χ1v) is 21.7. The Labute approximate surface area is 366 Å². The lowest BCUT2D eigenvalue weighted by Crippen LogP contribution is -2.00. The first-order chi connectivity index (χ1) is 31.7. The Hall–Kier alpha value is -8.67. The van der Waals surface area contributed by atoms with Gasteiger partial charge >= 0.3 is 0 Å². The molecule has 0 unspecified atom stereocenters. The van der Waals surface area contributed by atoms with Gasteiger partial charge in [0.25, 0.3) is 0 Å². The van der Waals surface area contributed by atoms with Gasteiger partial charge in [-0.3, -0.25) is 4.40 Å². The Kier molecular flexibility index (Phi) is 7.33. The van der Waals surface area contributed by atoms with Gasteiger partial charge < -0.3 is 4.42 Å². The fourth-order valence-corrected chi connectivity index (χ4v) is 10.3. The van der Waals surface area contributed by atoms with E-state index in [1.165, 1.54) is 37.9 Å². The molecule has 0 aliphatic carbocycles. The van der Waals surface area contributed by atoms with Gasteiger partial charge in [-0.15, -0.1) is 0 Å². The van der Waals surface area contributed by atoms with E-state index < -0.39 is 0 Å². The largest absolute Gasteiger partial charge is 0.456 e. The smallest absolute Gasteiger partial charge is 0.165 e. The van der Waals surface area contributed by atoms with Crippen molar-refractivity contribution in [3.63, 3.8) is 0 Å². The summed E-state index contributed by atoms with van der Waals surface area (Å²) >= 11 is 0. The second-order valence-electron chi connectivity index (χ2n) is 16.7. The normalized spacial score (nSPS) is 12.1. The third-order valence-electron chi connectivity index (χ3n) is 13.2. The monoisotopic (exact) mass is 814 g/mol. The SMILES string of the molecule is c1ccc(-c2nc(-c3ccccc3)c3c4ccccc4n4c5ccc(-c6cccc7oc8ccc(-c9ccc%10c%11ccccc%11c%11ccccc%11c%10c9)cc8c67)cc5nc4c3n2)cc1. The number of imidazole rings is 1. The Bertz CT molecular complexity index is 4210. The molecule has 0 fully saturated rings. The zero-order valence-electron chi connectivity index (χ0n) is 34.3. The summed E-state index contributed by atoms with van der Waals surface area (Å²) in [6.07, 6.45) is 0. The van der Waals surface area contributed by atoms with E-state index in [0.717, 1.165) is 93.9 Å². The Morgan fingerprint density at radius 3 is 1.70 bits per heavy atom. The molecule has 4 heterocycles. The van der Waals surface area contributed by atoms with Crippen molar-refractivity contribution in [2.45, 2.75) is 0 Å². The molecule has 0 atom stereocenters. The average molecular weight is 815 g/mol. The van der Waals surface area contributed by atoms with Crippen molar-refractivity contribution in [2.24, 2.45) is 0 Å². The molecule has 64 heavy (non-hydrogen) atoms. The third kappa shape index (κ3) is 5.09. The molecule has 14 rings (SSSR count). The molecule has 10 aromatic carbocycles. The molecule has 14 aromatic rings. The summed E-state index contributed by atoms with van der Waals surface area (Å²) in [7, 11) is 0. The van der Waals surface area contributed by atoms with Gasteiger partial charge in [0.2, 0.25) is 0 Å². The molecule has 4 aromatic heterocycles. The molecular weight excluding hydrogens is 781 g/mol. The fraction of sp³-hybridized carbons (Fsp3) is 0. The Balaban J connectivity index is 0.974. The number of furan rings is 1. The minimum absolute atomic E-state index is 0.667. The molecule has 0 saturated carbocycles. The van der Waals surface area contributed by atoms with Crippen LogP contribution in [0.2, 0.25) is 0 Å². The minimum Gasteiger partial charge on any atom is -0.456 e. The standard InChI is InChI=1S/C59H34N4O/c1-3-14-35(15-4-1)56-55-46-22-11-12-24-50(46)63-51-30-27-39(34-49(51)60-59(63)57(55)62-58(61-56)36-16-5-2-6-17-36)40-23-13-25-53-54(40)48-33-38(28-31-52(48)64-53)37-26-29-45-43-20-8-7-18-41(43)42-19-9-10-21-44(42)47(45)32-37/h1-34H. The summed E-state index contributed by atoms with van der Waals surface area (Å²) in [6.45, 7) is 0. The maximum atomic E-state index is 6.57. The van der Waals surface area contributed by atoms with E-state index >= 15 is 0 Å². The average Bonchev–Trinajstić information content (AvgIpc) is 3.95. The van der Waals surface area contributed by atoms with E-state index in [2.05, 4.69) is 186 Å². The highest BCUT2D eigenvalue weighted by Gasteiger charge is 2.22.